The number of aliphatic imine (C=N–C) groups is 2. The molecule has 2 aliphatic rings. The molecule has 5 heteroatoms. The summed E-state index contributed by atoms with van der Waals surface area (Å²) in [5, 5.41) is 9.31. The largest absolute Gasteiger partial charge is 0.372 e. The molecule has 0 fully saturated rings. The Labute approximate surface area is 213 Å². The van der Waals surface area contributed by atoms with E-state index in [0.717, 1.165) is 57.4 Å². The molecule has 2 aliphatic heterocycles. The van der Waals surface area contributed by atoms with Gasteiger partial charge >= 0.3 is 0 Å². The van der Waals surface area contributed by atoms with E-state index in [2.05, 4.69) is 129 Å². The van der Waals surface area contributed by atoms with Gasteiger partial charge < -0.3 is 15.5 Å². The van der Waals surface area contributed by atoms with Gasteiger partial charge in [0.1, 0.15) is 11.7 Å². The minimum atomic E-state index is 0.832. The van der Waals surface area contributed by atoms with Gasteiger partial charge in [-0.2, -0.15) is 0 Å². The second kappa shape index (κ2) is 12.0. The number of hydrogen-bond donors (Lipinski definition) is 2. The average Bonchev–Trinajstić information content (AvgIpc) is 3.65. The summed E-state index contributed by atoms with van der Waals surface area (Å²) in [6.07, 6.45) is 0.918. The first-order chi connectivity index (χ1) is 17.8. The van der Waals surface area contributed by atoms with Crippen LogP contribution < -0.4 is 15.5 Å². The molecule has 36 heavy (non-hydrogen) atoms. The Morgan fingerprint density at radius 2 is 1.25 bits per heavy atom. The van der Waals surface area contributed by atoms with Gasteiger partial charge in [0, 0.05) is 31.7 Å². The predicted molar refractivity (Wildman–Crippen MR) is 152 cm³/mol. The number of benzene rings is 4. The summed E-state index contributed by atoms with van der Waals surface area (Å²) in [5.41, 5.74) is 3.90. The Morgan fingerprint density at radius 1 is 0.611 bits per heavy atom. The standard InChI is InChI=1S/C17H19N3.C14H14N2/c1-3-7-15(8-4-1)13-20(14-17-18-11-12-19-17)16-9-5-2-6-10-16;1-2-7-13-11(4-1)5-3-6-12(13)10-14-15-8-9-16-14/h1-10H,11-14H2,(H,18,19);1-7H,8-10H2,(H,15,16). The molecule has 0 unspecified atom stereocenters. The Morgan fingerprint density at radius 3 is 1.97 bits per heavy atom. The summed E-state index contributed by atoms with van der Waals surface area (Å²) in [6.45, 7) is 5.48. The van der Waals surface area contributed by atoms with Crippen molar-refractivity contribution in [3.05, 3.63) is 114 Å². The van der Waals surface area contributed by atoms with Crippen LogP contribution >= 0.6 is 0 Å². The fraction of sp³-hybridized carbons (Fsp3) is 0.226. The van der Waals surface area contributed by atoms with Crippen molar-refractivity contribution >= 4 is 28.1 Å². The molecule has 0 atom stereocenters. The highest BCUT2D eigenvalue weighted by molar-refractivity contribution is 5.92. The van der Waals surface area contributed by atoms with E-state index < -0.39 is 0 Å². The molecule has 0 amide bonds. The zero-order valence-electron chi connectivity index (χ0n) is 20.6. The molecule has 4 aromatic carbocycles. The third-order valence-electron chi connectivity index (χ3n) is 6.40. The highest BCUT2D eigenvalue weighted by Gasteiger charge is 2.13. The molecule has 4 aromatic rings. The third-order valence-corrected chi connectivity index (χ3v) is 6.40. The maximum Gasteiger partial charge on any atom is 0.116 e. The van der Waals surface area contributed by atoms with E-state index in [-0.39, 0.29) is 0 Å². The molecule has 0 bridgehead atoms. The molecule has 0 aromatic heterocycles. The second-order valence-electron chi connectivity index (χ2n) is 9.00. The highest BCUT2D eigenvalue weighted by atomic mass is 15.2. The number of fused-ring (bicyclic) bond motifs is 1. The molecule has 0 saturated carbocycles. The number of nitrogens with zero attached hydrogens (tertiary/aromatic N) is 3. The van der Waals surface area contributed by atoms with Gasteiger partial charge in [-0.05, 0) is 34.0 Å². The predicted octanol–water partition coefficient (Wildman–Crippen LogP) is 5.08. The van der Waals surface area contributed by atoms with Gasteiger partial charge in [0.2, 0.25) is 0 Å². The maximum atomic E-state index is 4.51. The number of nitrogens with one attached hydrogen (secondary N) is 2. The van der Waals surface area contributed by atoms with Gasteiger partial charge in [-0.1, -0.05) is 91.0 Å². The molecule has 0 saturated heterocycles. The SMILES string of the molecule is c1ccc(CN(CC2=NCCN2)c2ccccc2)cc1.c1ccc2c(CC3=NCCN3)cccc2c1. The fourth-order valence-corrected chi connectivity index (χ4v) is 4.61. The molecular weight excluding hydrogens is 442 g/mol. The van der Waals surface area contributed by atoms with Crippen molar-refractivity contribution in [2.75, 3.05) is 37.6 Å². The topological polar surface area (TPSA) is 52.0 Å². The summed E-state index contributed by atoms with van der Waals surface area (Å²) >= 11 is 0. The Hall–Kier alpha value is -4.12. The van der Waals surface area contributed by atoms with Crippen LogP contribution in [0.3, 0.4) is 0 Å². The summed E-state index contributed by atoms with van der Waals surface area (Å²) in [6, 6.07) is 36.0. The zero-order chi connectivity index (χ0) is 24.4. The van der Waals surface area contributed by atoms with E-state index in [4.69, 9.17) is 0 Å². The van der Waals surface area contributed by atoms with Gasteiger partial charge in [-0.3, -0.25) is 9.98 Å². The van der Waals surface area contributed by atoms with Gasteiger partial charge in [-0.15, -0.1) is 0 Å². The van der Waals surface area contributed by atoms with Crippen LogP contribution in [0.5, 0.6) is 0 Å². The van der Waals surface area contributed by atoms with E-state index in [9.17, 15) is 0 Å². The molecule has 182 valence electrons. The van der Waals surface area contributed by atoms with Crippen LogP contribution in [0.15, 0.2) is 113 Å². The van der Waals surface area contributed by atoms with Crippen LogP contribution in [-0.2, 0) is 13.0 Å². The normalized spacial score (nSPS) is 14.2. The van der Waals surface area contributed by atoms with Crippen molar-refractivity contribution in [3.8, 4) is 0 Å². The summed E-state index contributed by atoms with van der Waals surface area (Å²) in [5.74, 6) is 2.21. The fourth-order valence-electron chi connectivity index (χ4n) is 4.61. The van der Waals surface area contributed by atoms with Gasteiger partial charge in [0.25, 0.3) is 0 Å². The van der Waals surface area contributed by atoms with Crippen molar-refractivity contribution < 1.29 is 0 Å². The molecule has 0 aliphatic carbocycles. The molecule has 0 spiro atoms. The summed E-state index contributed by atoms with van der Waals surface area (Å²) < 4.78 is 0. The Kier molecular flexibility index (Phi) is 7.89. The molecule has 0 radical (unpaired) electrons. The van der Waals surface area contributed by atoms with Gasteiger partial charge in [0.15, 0.2) is 0 Å². The minimum absolute atomic E-state index is 0.832. The van der Waals surface area contributed by atoms with Crippen LogP contribution in [0.2, 0.25) is 0 Å². The first kappa shape index (κ1) is 23.6. The van der Waals surface area contributed by atoms with Crippen molar-refractivity contribution in [1.29, 1.82) is 0 Å². The molecular formula is C31H33N5. The van der Waals surface area contributed by atoms with Crippen LogP contribution in [0.4, 0.5) is 5.69 Å². The first-order valence-corrected chi connectivity index (χ1v) is 12.7. The van der Waals surface area contributed by atoms with E-state index in [1.165, 1.54) is 27.6 Å². The first-order valence-electron chi connectivity index (χ1n) is 12.7. The highest BCUT2D eigenvalue weighted by Crippen LogP contribution is 2.19. The molecule has 5 nitrogen and oxygen atoms in total. The lowest BCUT2D eigenvalue weighted by Gasteiger charge is -2.25. The number of rotatable bonds is 7. The maximum absolute atomic E-state index is 4.51. The van der Waals surface area contributed by atoms with Crippen molar-refractivity contribution in [2.45, 2.75) is 13.0 Å². The van der Waals surface area contributed by atoms with Crippen LogP contribution in [0.25, 0.3) is 10.8 Å². The lowest BCUT2D eigenvalue weighted by molar-refractivity contribution is 0.866. The lowest BCUT2D eigenvalue weighted by atomic mass is 10.0. The van der Waals surface area contributed by atoms with E-state index in [0.29, 0.717) is 0 Å². The Balaban J connectivity index is 0.000000152. The molecule has 6 rings (SSSR count). The van der Waals surface area contributed by atoms with Gasteiger partial charge in [0.05, 0.1) is 19.6 Å². The zero-order valence-corrected chi connectivity index (χ0v) is 20.6. The minimum Gasteiger partial charge on any atom is -0.372 e. The van der Waals surface area contributed by atoms with E-state index in [1.54, 1.807) is 0 Å². The lowest BCUT2D eigenvalue weighted by Crippen LogP contribution is -2.34. The smallest absolute Gasteiger partial charge is 0.116 e. The summed E-state index contributed by atoms with van der Waals surface area (Å²) in [4.78, 5) is 11.3. The van der Waals surface area contributed by atoms with Crippen molar-refractivity contribution in [1.82, 2.24) is 10.6 Å². The van der Waals surface area contributed by atoms with Crippen LogP contribution in [0, 0.1) is 0 Å². The summed E-state index contributed by atoms with van der Waals surface area (Å²) in [7, 11) is 0. The quantitative estimate of drug-likeness (QED) is 0.392. The van der Waals surface area contributed by atoms with Gasteiger partial charge in [-0.25, -0.2) is 0 Å². The van der Waals surface area contributed by atoms with E-state index in [1.807, 2.05) is 0 Å². The number of hydrogen-bond acceptors (Lipinski definition) is 5. The van der Waals surface area contributed by atoms with Crippen molar-refractivity contribution in [3.63, 3.8) is 0 Å². The van der Waals surface area contributed by atoms with Crippen LogP contribution in [-0.4, -0.2) is 44.4 Å². The second-order valence-corrected chi connectivity index (χ2v) is 9.00. The molecule has 2 N–H and O–H groups in total. The monoisotopic (exact) mass is 475 g/mol. The molecule has 2 heterocycles. The Bertz CT molecular complexity index is 1310. The third kappa shape index (κ3) is 6.30. The van der Waals surface area contributed by atoms with Crippen LogP contribution in [0.1, 0.15) is 11.1 Å². The number of amidine groups is 2. The number of para-hydroxylation sites is 1. The van der Waals surface area contributed by atoms with Crippen molar-refractivity contribution in [2.24, 2.45) is 9.98 Å². The van der Waals surface area contributed by atoms with E-state index >= 15 is 0 Å². The number of anilines is 1. The average molecular weight is 476 g/mol.